The molecule has 4 aliphatic rings. The molecular formula is C23H33N5O2. The first-order chi connectivity index (χ1) is 14.4. The van der Waals surface area contributed by atoms with Gasteiger partial charge in [-0.3, -0.25) is 25.1 Å². The van der Waals surface area contributed by atoms with Gasteiger partial charge in [0.1, 0.15) is 0 Å². The number of nitriles is 1. The van der Waals surface area contributed by atoms with Crippen LogP contribution in [0.5, 0.6) is 0 Å². The lowest BCUT2D eigenvalue weighted by molar-refractivity contribution is -0.134. The first-order valence-electron chi connectivity index (χ1n) is 11.3. The Hall–Kier alpha value is -2.36. The lowest BCUT2D eigenvalue weighted by Crippen LogP contribution is -2.50. The Morgan fingerprint density at radius 3 is 2.30 bits per heavy atom. The van der Waals surface area contributed by atoms with Gasteiger partial charge in [-0.2, -0.15) is 10.4 Å². The summed E-state index contributed by atoms with van der Waals surface area (Å²) < 4.78 is 1.83. The molecule has 162 valence electrons. The lowest BCUT2D eigenvalue weighted by atomic mass is 9.49. The molecule has 2 amide bonds. The number of aryl methyl sites for hydroxylation is 2. The standard InChI is InChI=1S/C23H33N5O2/c1-15-20(16(2)28(27-15)7-3-6-24)4-5-21(29)25-26-22(30)14-23-11-17-8-18(12-23)10-19(9-17)13-23/h17-19H,3-5,7-14H2,1-2H3,(H,25,29)(H,26,30). The molecule has 0 spiro atoms. The Morgan fingerprint density at radius 2 is 1.70 bits per heavy atom. The number of nitrogens with one attached hydrogen (secondary N) is 2. The van der Waals surface area contributed by atoms with Gasteiger partial charge in [-0.1, -0.05) is 0 Å². The quantitative estimate of drug-likeness (QED) is 0.673. The van der Waals surface area contributed by atoms with E-state index in [0.29, 0.717) is 32.2 Å². The maximum Gasteiger partial charge on any atom is 0.238 e. The minimum Gasteiger partial charge on any atom is -0.273 e. The molecule has 1 heterocycles. The van der Waals surface area contributed by atoms with Crippen molar-refractivity contribution in [3.05, 3.63) is 17.0 Å². The zero-order valence-electron chi connectivity index (χ0n) is 18.2. The smallest absolute Gasteiger partial charge is 0.238 e. The van der Waals surface area contributed by atoms with E-state index in [-0.39, 0.29) is 17.2 Å². The summed E-state index contributed by atoms with van der Waals surface area (Å²) >= 11 is 0. The summed E-state index contributed by atoms with van der Waals surface area (Å²) in [5, 5.41) is 13.2. The number of aromatic nitrogens is 2. The Balaban J connectivity index is 1.23. The predicted molar refractivity (Wildman–Crippen MR) is 112 cm³/mol. The Bertz CT molecular complexity index is 830. The number of hydrogen-bond donors (Lipinski definition) is 2. The molecule has 0 saturated heterocycles. The maximum absolute atomic E-state index is 12.6. The SMILES string of the molecule is Cc1nn(CCC#N)c(C)c1CCC(=O)NNC(=O)CC12CC3CC(CC(C3)C1)C2. The largest absolute Gasteiger partial charge is 0.273 e. The molecule has 30 heavy (non-hydrogen) atoms. The molecule has 1 aromatic heterocycles. The Kier molecular flexibility index (Phi) is 5.86. The molecule has 4 fully saturated rings. The van der Waals surface area contributed by atoms with Gasteiger partial charge in [-0.15, -0.1) is 0 Å². The molecule has 4 aliphatic carbocycles. The number of nitrogens with zero attached hydrogens (tertiary/aromatic N) is 3. The van der Waals surface area contributed by atoms with Crippen molar-refractivity contribution in [1.29, 1.82) is 5.26 Å². The van der Waals surface area contributed by atoms with Crippen molar-refractivity contribution in [2.45, 2.75) is 84.6 Å². The number of carbonyl (C=O) groups is 2. The van der Waals surface area contributed by atoms with Gasteiger partial charge in [0.05, 0.1) is 24.7 Å². The van der Waals surface area contributed by atoms with E-state index in [9.17, 15) is 9.59 Å². The molecule has 0 aliphatic heterocycles. The highest BCUT2D eigenvalue weighted by Crippen LogP contribution is 2.61. The molecule has 5 rings (SSSR count). The van der Waals surface area contributed by atoms with E-state index in [1.807, 2.05) is 18.5 Å². The minimum atomic E-state index is -0.183. The third kappa shape index (κ3) is 4.38. The highest BCUT2D eigenvalue weighted by Gasteiger charge is 2.51. The van der Waals surface area contributed by atoms with E-state index in [2.05, 4.69) is 22.0 Å². The van der Waals surface area contributed by atoms with Crippen LogP contribution in [0.25, 0.3) is 0 Å². The third-order valence-electron chi connectivity index (χ3n) is 7.61. The van der Waals surface area contributed by atoms with Crippen LogP contribution >= 0.6 is 0 Å². The average molecular weight is 412 g/mol. The molecule has 7 heteroatoms. The van der Waals surface area contributed by atoms with Gasteiger partial charge in [-0.25, -0.2) is 0 Å². The second kappa shape index (κ2) is 8.41. The van der Waals surface area contributed by atoms with E-state index >= 15 is 0 Å². The first-order valence-corrected chi connectivity index (χ1v) is 11.3. The molecule has 2 N–H and O–H groups in total. The highest BCUT2D eigenvalue weighted by molar-refractivity contribution is 5.82. The minimum absolute atomic E-state index is 0.0537. The molecule has 4 bridgehead atoms. The number of carbonyl (C=O) groups excluding carboxylic acids is 2. The second-order valence-electron chi connectivity index (χ2n) is 9.97. The summed E-state index contributed by atoms with van der Waals surface area (Å²) in [6.45, 7) is 4.46. The normalized spacial score (nSPS) is 28.9. The van der Waals surface area contributed by atoms with Crippen molar-refractivity contribution in [1.82, 2.24) is 20.6 Å². The molecular weight excluding hydrogens is 378 g/mol. The van der Waals surface area contributed by atoms with Crippen LogP contribution in [0.1, 0.15) is 74.7 Å². The van der Waals surface area contributed by atoms with Crippen molar-refractivity contribution in [3.8, 4) is 6.07 Å². The van der Waals surface area contributed by atoms with Gasteiger partial charge in [0.25, 0.3) is 0 Å². The first kappa shape index (κ1) is 20.9. The van der Waals surface area contributed by atoms with Gasteiger partial charge in [0, 0.05) is 18.5 Å². The van der Waals surface area contributed by atoms with E-state index in [0.717, 1.165) is 34.7 Å². The van der Waals surface area contributed by atoms with Crippen LogP contribution in [0.3, 0.4) is 0 Å². The van der Waals surface area contributed by atoms with Crippen LogP contribution in [0, 0.1) is 48.3 Å². The number of amides is 2. The van der Waals surface area contributed by atoms with E-state index < -0.39 is 0 Å². The van der Waals surface area contributed by atoms with Crippen molar-refractivity contribution in [2.75, 3.05) is 0 Å². The predicted octanol–water partition coefficient (Wildman–Crippen LogP) is 3.10. The number of hydrazine groups is 1. The van der Waals surface area contributed by atoms with Crippen molar-refractivity contribution in [3.63, 3.8) is 0 Å². The Morgan fingerprint density at radius 1 is 1.10 bits per heavy atom. The zero-order valence-corrected chi connectivity index (χ0v) is 18.2. The van der Waals surface area contributed by atoms with Gasteiger partial charge < -0.3 is 0 Å². The average Bonchev–Trinajstić information content (AvgIpc) is 2.94. The molecule has 0 unspecified atom stereocenters. The van der Waals surface area contributed by atoms with Crippen LogP contribution in [0.4, 0.5) is 0 Å². The summed E-state index contributed by atoms with van der Waals surface area (Å²) in [6, 6.07) is 2.13. The van der Waals surface area contributed by atoms with Crippen LogP contribution in [-0.2, 0) is 22.6 Å². The summed E-state index contributed by atoms with van der Waals surface area (Å²) in [5.74, 6) is 2.22. The van der Waals surface area contributed by atoms with Gasteiger partial charge in [0.2, 0.25) is 11.8 Å². The number of rotatable bonds is 7. The van der Waals surface area contributed by atoms with Gasteiger partial charge in [-0.05, 0) is 87.5 Å². The van der Waals surface area contributed by atoms with Crippen LogP contribution in [0.2, 0.25) is 0 Å². The fourth-order valence-electron chi connectivity index (χ4n) is 6.80. The monoisotopic (exact) mass is 411 g/mol. The summed E-state index contributed by atoms with van der Waals surface area (Å²) in [4.78, 5) is 24.8. The molecule has 0 aromatic carbocycles. The summed E-state index contributed by atoms with van der Waals surface area (Å²) in [6.07, 6.45) is 9.48. The van der Waals surface area contributed by atoms with Crippen LogP contribution in [0.15, 0.2) is 0 Å². The fraction of sp³-hybridized carbons (Fsp3) is 0.739. The van der Waals surface area contributed by atoms with Crippen molar-refractivity contribution in [2.24, 2.45) is 23.2 Å². The topological polar surface area (TPSA) is 99.8 Å². The zero-order chi connectivity index (χ0) is 21.3. The maximum atomic E-state index is 12.6. The lowest BCUT2D eigenvalue weighted by Gasteiger charge is -2.56. The highest BCUT2D eigenvalue weighted by atomic mass is 16.2. The molecule has 0 radical (unpaired) electrons. The van der Waals surface area contributed by atoms with Gasteiger partial charge >= 0.3 is 0 Å². The molecule has 0 atom stereocenters. The summed E-state index contributed by atoms with van der Waals surface area (Å²) in [5.41, 5.74) is 8.38. The molecule has 1 aromatic rings. The van der Waals surface area contributed by atoms with E-state index in [1.165, 1.54) is 38.5 Å². The van der Waals surface area contributed by atoms with E-state index in [4.69, 9.17) is 5.26 Å². The van der Waals surface area contributed by atoms with Crippen LogP contribution in [-0.4, -0.2) is 21.6 Å². The van der Waals surface area contributed by atoms with Crippen LogP contribution < -0.4 is 10.9 Å². The molecule has 4 saturated carbocycles. The Labute approximate surface area is 178 Å². The van der Waals surface area contributed by atoms with E-state index in [1.54, 1.807) is 0 Å². The van der Waals surface area contributed by atoms with Gasteiger partial charge in [0.15, 0.2) is 0 Å². The summed E-state index contributed by atoms with van der Waals surface area (Å²) in [7, 11) is 0. The molecule has 7 nitrogen and oxygen atoms in total. The second-order valence-corrected chi connectivity index (χ2v) is 9.97. The van der Waals surface area contributed by atoms with Crippen molar-refractivity contribution >= 4 is 11.8 Å². The third-order valence-corrected chi connectivity index (χ3v) is 7.61. The fourth-order valence-corrected chi connectivity index (χ4v) is 6.80. The number of hydrogen-bond acceptors (Lipinski definition) is 4. The van der Waals surface area contributed by atoms with Crippen molar-refractivity contribution < 1.29 is 9.59 Å².